The number of H-pyrrole nitrogens is 1. The number of likely N-dealkylation sites (tertiary alicyclic amines) is 1. The molecule has 1 amide bonds. The smallest absolute Gasteiger partial charge is 0.472 e. The van der Waals surface area contributed by atoms with Gasteiger partial charge in [-0.3, -0.25) is 9.69 Å². The number of fused-ring (bicyclic) bond motifs is 3. The number of hydrogen-bond donors (Lipinski definition) is 4. The SMILES string of the molecule is C=C(F)/C=C(\c1[nH]c2ncc(-c3cnc4c(c3)c(=O)c(C(=O)O)cn4C)c(N3CC[C@H]4CN(C)C[C@H]43)c2c1C#N)N(C)C(=O)OCOP(=O)(O)O. The number of nitrogens with zero attached hydrogens (tertiary/aromatic N) is 7. The lowest BCUT2D eigenvalue weighted by Crippen LogP contribution is -2.35. The number of anilines is 1. The van der Waals surface area contributed by atoms with Crippen LogP contribution in [0.3, 0.4) is 0 Å². The van der Waals surface area contributed by atoms with Crippen LogP contribution >= 0.6 is 7.82 Å². The molecule has 51 heavy (non-hydrogen) atoms. The lowest BCUT2D eigenvalue weighted by atomic mass is 9.99. The number of aryl methyl sites for hydroxylation is 1. The van der Waals surface area contributed by atoms with Gasteiger partial charge in [-0.2, -0.15) is 5.26 Å². The first-order valence-electron chi connectivity index (χ1n) is 15.4. The predicted molar refractivity (Wildman–Crippen MR) is 181 cm³/mol. The Morgan fingerprint density at radius 2 is 2.02 bits per heavy atom. The fourth-order valence-corrected chi connectivity index (χ4v) is 7.08. The number of phosphoric ester groups is 1. The van der Waals surface area contributed by atoms with Gasteiger partial charge >= 0.3 is 19.9 Å². The standard InChI is InChI=1S/C32H32FN8O9P/c1-16(33)7-23(40(4)32(45)49-15-50-51(46,47)48)26-20(9-34)25-27(41-6-5-17-12-38(2)14-24(17)41)21(11-35-29(25)37-26)18-8-19-28(42)22(31(43)44)13-39(3)30(19)36-10-18/h7-8,10-11,13,17,24H,1,5-6,12,14-15H2,2-4H3,(H,35,37)(H,43,44)(H2,46,47,48)/b23-7+/t17-,24+/m0/s1. The molecule has 19 heteroatoms. The van der Waals surface area contributed by atoms with Crippen LogP contribution in [0, 0.1) is 17.2 Å². The number of rotatable bonds is 9. The fraction of sp³-hybridized carbons (Fsp3) is 0.312. The first kappa shape index (κ1) is 35.4. The van der Waals surface area contributed by atoms with Crippen LogP contribution in [0.4, 0.5) is 14.9 Å². The summed E-state index contributed by atoms with van der Waals surface area (Å²) in [5.41, 5.74) is 0.497. The molecule has 2 saturated heterocycles. The molecular weight excluding hydrogens is 690 g/mol. The van der Waals surface area contributed by atoms with Crippen molar-refractivity contribution in [2.24, 2.45) is 13.0 Å². The molecule has 2 aliphatic heterocycles. The van der Waals surface area contributed by atoms with Gasteiger partial charge in [-0.15, -0.1) is 0 Å². The Hall–Kier alpha value is -5.44. The number of halogens is 1. The first-order chi connectivity index (χ1) is 24.1. The highest BCUT2D eigenvalue weighted by atomic mass is 31.2. The van der Waals surface area contributed by atoms with E-state index in [1.165, 1.54) is 30.2 Å². The van der Waals surface area contributed by atoms with E-state index in [0.29, 0.717) is 41.2 Å². The minimum absolute atomic E-state index is 0.0245. The number of phosphoric acid groups is 1. The molecule has 4 N–H and O–H groups in total. The summed E-state index contributed by atoms with van der Waals surface area (Å²) in [6.07, 6.45) is 4.79. The molecule has 0 radical (unpaired) electrons. The third-order valence-electron chi connectivity index (χ3n) is 9.07. The number of pyridine rings is 3. The number of carbonyl (C=O) groups is 2. The lowest BCUT2D eigenvalue weighted by Gasteiger charge is -2.29. The largest absolute Gasteiger partial charge is 0.477 e. The van der Waals surface area contributed by atoms with Gasteiger partial charge in [-0.25, -0.2) is 33.0 Å². The molecule has 4 aromatic heterocycles. The fourth-order valence-electron chi connectivity index (χ4n) is 6.89. The molecule has 0 saturated carbocycles. The molecule has 0 bridgehead atoms. The molecule has 0 unspecified atom stereocenters. The zero-order valence-electron chi connectivity index (χ0n) is 27.5. The maximum Gasteiger partial charge on any atom is 0.472 e. The summed E-state index contributed by atoms with van der Waals surface area (Å²) in [5, 5.41) is 20.7. The Bertz CT molecular complexity index is 2310. The Labute approximate surface area is 288 Å². The minimum atomic E-state index is -4.97. The van der Waals surface area contributed by atoms with Crippen LogP contribution in [0.25, 0.3) is 38.9 Å². The molecule has 266 valence electrons. The monoisotopic (exact) mass is 722 g/mol. The van der Waals surface area contributed by atoms with Crippen molar-refractivity contribution in [1.82, 2.24) is 29.3 Å². The number of carboxylic acid groups (broad SMARTS) is 1. The third kappa shape index (κ3) is 6.60. The molecule has 0 aliphatic carbocycles. The number of carboxylic acids is 1. The van der Waals surface area contributed by atoms with Crippen molar-refractivity contribution in [3.63, 3.8) is 0 Å². The van der Waals surface area contributed by atoms with Crippen LogP contribution in [-0.2, 0) is 20.9 Å². The maximum atomic E-state index is 14.4. The predicted octanol–water partition coefficient (Wildman–Crippen LogP) is 3.15. The maximum absolute atomic E-state index is 14.4. The topological polar surface area (TPSA) is 227 Å². The van der Waals surface area contributed by atoms with E-state index >= 15 is 0 Å². The number of nitriles is 1. The Balaban J connectivity index is 1.58. The molecule has 6 rings (SSSR count). The third-order valence-corrected chi connectivity index (χ3v) is 9.51. The van der Waals surface area contributed by atoms with Crippen LogP contribution in [0.1, 0.15) is 28.0 Å². The number of aromatic amines is 1. The van der Waals surface area contributed by atoms with Crippen molar-refractivity contribution < 1.29 is 42.7 Å². The highest BCUT2D eigenvalue weighted by molar-refractivity contribution is 7.46. The van der Waals surface area contributed by atoms with Gasteiger partial charge in [-0.1, -0.05) is 6.58 Å². The Kier molecular flexibility index (Phi) is 9.27. The normalized spacial score (nSPS) is 17.9. The van der Waals surface area contributed by atoms with Gasteiger partial charge < -0.3 is 39.0 Å². The number of allylic oxidation sites excluding steroid dienone is 2. The van der Waals surface area contributed by atoms with Crippen molar-refractivity contribution in [3.05, 3.63) is 70.2 Å². The van der Waals surface area contributed by atoms with Crippen LogP contribution in [-0.4, -0.2) is 103 Å². The van der Waals surface area contributed by atoms with Crippen LogP contribution < -0.4 is 10.3 Å². The number of aromatic carboxylic acids is 1. The second kappa shape index (κ2) is 13.4. The van der Waals surface area contributed by atoms with Gasteiger partial charge in [-0.05, 0) is 31.5 Å². The number of ether oxygens (including phenoxy) is 1. The van der Waals surface area contributed by atoms with E-state index < -0.39 is 43.5 Å². The summed E-state index contributed by atoms with van der Waals surface area (Å²) in [5.74, 6) is -2.08. The van der Waals surface area contributed by atoms with Crippen molar-refractivity contribution in [2.75, 3.05) is 45.4 Å². The summed E-state index contributed by atoms with van der Waals surface area (Å²) in [4.78, 5) is 73.3. The first-order valence-corrected chi connectivity index (χ1v) is 16.9. The summed E-state index contributed by atoms with van der Waals surface area (Å²) in [7, 11) is -0.193. The number of likely N-dealkylation sites (N-methyl/N-ethyl adjacent to an activating group) is 1. The van der Waals surface area contributed by atoms with Crippen LogP contribution in [0.15, 0.2) is 47.9 Å². The lowest BCUT2D eigenvalue weighted by molar-refractivity contribution is 0.0302. The summed E-state index contributed by atoms with van der Waals surface area (Å²) < 4.78 is 36.0. The number of nitrogens with one attached hydrogen (secondary N) is 1. The molecule has 0 aromatic carbocycles. The average molecular weight is 723 g/mol. The molecule has 2 fully saturated rings. The molecular formula is C32H32FN8O9P. The second-order valence-corrected chi connectivity index (χ2v) is 13.6. The van der Waals surface area contributed by atoms with E-state index in [1.807, 2.05) is 7.05 Å². The number of amides is 1. The van der Waals surface area contributed by atoms with Gasteiger partial charge in [0.05, 0.1) is 33.4 Å². The summed E-state index contributed by atoms with van der Waals surface area (Å²) >= 11 is 0. The summed E-state index contributed by atoms with van der Waals surface area (Å²) in [6.45, 7) is 4.30. The van der Waals surface area contributed by atoms with Crippen LogP contribution in [0.2, 0.25) is 0 Å². The van der Waals surface area contributed by atoms with Crippen LogP contribution in [0.5, 0.6) is 0 Å². The van der Waals surface area contributed by atoms with Crippen molar-refractivity contribution in [3.8, 4) is 17.2 Å². The van der Waals surface area contributed by atoms with E-state index in [2.05, 4.69) is 41.9 Å². The zero-order valence-corrected chi connectivity index (χ0v) is 28.4. The molecule has 2 atom stereocenters. The summed E-state index contributed by atoms with van der Waals surface area (Å²) in [6, 6.07) is 3.73. The molecule has 2 aliphatic rings. The van der Waals surface area contributed by atoms with Gasteiger partial charge in [0, 0.05) is 69.5 Å². The van der Waals surface area contributed by atoms with E-state index in [1.54, 1.807) is 13.1 Å². The molecule has 0 spiro atoms. The number of carbonyl (C=O) groups excluding carboxylic acids is 1. The van der Waals surface area contributed by atoms with E-state index in [-0.39, 0.29) is 39.7 Å². The minimum Gasteiger partial charge on any atom is -0.477 e. The Morgan fingerprint density at radius 1 is 1.27 bits per heavy atom. The van der Waals surface area contributed by atoms with Gasteiger partial charge in [0.25, 0.3) is 0 Å². The zero-order chi connectivity index (χ0) is 36.9. The van der Waals surface area contributed by atoms with Crippen molar-refractivity contribution in [2.45, 2.75) is 12.5 Å². The van der Waals surface area contributed by atoms with E-state index in [9.17, 15) is 33.7 Å². The van der Waals surface area contributed by atoms with Gasteiger partial charge in [0.1, 0.15) is 28.8 Å². The van der Waals surface area contributed by atoms with Gasteiger partial charge in [0.15, 0.2) is 0 Å². The van der Waals surface area contributed by atoms with Crippen molar-refractivity contribution >= 4 is 53.3 Å². The van der Waals surface area contributed by atoms with E-state index in [4.69, 9.17) is 14.5 Å². The van der Waals surface area contributed by atoms with E-state index in [0.717, 1.165) is 23.9 Å². The second-order valence-electron chi connectivity index (χ2n) is 12.3. The quantitative estimate of drug-likeness (QED) is 0.111. The number of aromatic nitrogens is 4. The molecule has 6 heterocycles. The molecule has 17 nitrogen and oxygen atoms in total. The highest BCUT2D eigenvalue weighted by Crippen LogP contribution is 2.45. The Morgan fingerprint density at radius 3 is 2.69 bits per heavy atom. The average Bonchev–Trinajstić information content (AvgIpc) is 3.75. The van der Waals surface area contributed by atoms with Gasteiger partial charge in [0.2, 0.25) is 12.2 Å². The molecule has 4 aromatic rings. The van der Waals surface area contributed by atoms with Crippen molar-refractivity contribution in [1.29, 1.82) is 5.26 Å². The highest BCUT2D eigenvalue weighted by Gasteiger charge is 2.42. The number of hydrogen-bond acceptors (Lipinski definition) is 11.